The Labute approximate surface area is 202 Å². The summed E-state index contributed by atoms with van der Waals surface area (Å²) >= 11 is 1.67. The first-order valence-electron chi connectivity index (χ1n) is 11.3. The van der Waals surface area contributed by atoms with Crippen LogP contribution in [-0.4, -0.2) is 11.7 Å². The summed E-state index contributed by atoms with van der Waals surface area (Å²) in [6, 6.07) is 17.8. The highest BCUT2D eigenvalue weighted by Gasteiger charge is 2.41. The minimum Gasteiger partial charge on any atom is -0.362 e. The van der Waals surface area contributed by atoms with E-state index < -0.39 is 5.92 Å². The monoisotopic (exact) mass is 472 g/mol. The largest absolute Gasteiger partial charge is 0.362 e. The summed E-state index contributed by atoms with van der Waals surface area (Å²) in [5.41, 5.74) is 5.33. The molecule has 2 heterocycles. The van der Waals surface area contributed by atoms with Crippen molar-refractivity contribution in [2.75, 3.05) is 5.32 Å². The van der Waals surface area contributed by atoms with Crippen molar-refractivity contribution in [3.63, 3.8) is 0 Å². The number of Topliss-reactive ketones (excluding diaryl/α,β-unsaturated/α-hetero) is 1. The molecule has 1 aliphatic heterocycles. The summed E-state index contributed by atoms with van der Waals surface area (Å²) in [5.74, 6) is -0.929. The molecule has 6 heteroatoms. The molecule has 2 atom stereocenters. The normalized spacial score (nSPS) is 20.1. The molecule has 5 rings (SSSR count). The number of allylic oxidation sites excluding steroid dienone is 3. The van der Waals surface area contributed by atoms with Gasteiger partial charge in [-0.25, -0.2) is 4.39 Å². The number of anilines is 1. The summed E-state index contributed by atoms with van der Waals surface area (Å²) in [5, 5.41) is 8.32. The highest BCUT2D eigenvalue weighted by atomic mass is 32.1. The highest BCUT2D eigenvalue weighted by molar-refractivity contribution is 7.10. The van der Waals surface area contributed by atoms with E-state index in [2.05, 4.69) is 16.7 Å². The maximum absolute atomic E-state index is 13.6. The predicted octanol–water partition coefficient (Wildman–Crippen LogP) is 6.20. The predicted molar refractivity (Wildman–Crippen MR) is 133 cm³/mol. The van der Waals surface area contributed by atoms with Gasteiger partial charge >= 0.3 is 0 Å². The molecule has 0 saturated heterocycles. The fraction of sp³-hybridized carbons (Fsp3) is 0.214. The van der Waals surface area contributed by atoms with Gasteiger partial charge in [-0.15, -0.1) is 11.3 Å². The molecule has 2 aliphatic rings. The quantitative estimate of drug-likeness (QED) is 0.476. The van der Waals surface area contributed by atoms with E-state index in [9.17, 15) is 14.0 Å². The van der Waals surface area contributed by atoms with Gasteiger partial charge in [0.25, 0.3) is 5.91 Å². The van der Waals surface area contributed by atoms with Crippen LogP contribution in [-0.2, 0) is 9.59 Å². The first-order valence-corrected chi connectivity index (χ1v) is 12.2. The zero-order valence-electron chi connectivity index (χ0n) is 19.0. The Morgan fingerprint density at radius 1 is 1.03 bits per heavy atom. The lowest BCUT2D eigenvalue weighted by molar-refractivity contribution is -0.116. The fourth-order valence-corrected chi connectivity index (χ4v) is 5.72. The smallest absolute Gasteiger partial charge is 0.254 e. The average molecular weight is 473 g/mol. The summed E-state index contributed by atoms with van der Waals surface area (Å²) < 4.78 is 13.3. The number of dihydropyridines is 1. The first-order chi connectivity index (χ1) is 16.4. The minimum atomic E-state index is -0.464. The van der Waals surface area contributed by atoms with Crippen LogP contribution in [0.4, 0.5) is 10.1 Å². The van der Waals surface area contributed by atoms with E-state index >= 15 is 0 Å². The average Bonchev–Trinajstić information content (AvgIpc) is 3.35. The van der Waals surface area contributed by atoms with Crippen LogP contribution >= 0.6 is 11.3 Å². The summed E-state index contributed by atoms with van der Waals surface area (Å²) in [6.45, 7) is 3.89. The second kappa shape index (κ2) is 9.03. The van der Waals surface area contributed by atoms with Gasteiger partial charge < -0.3 is 10.6 Å². The Bertz CT molecular complexity index is 1310. The van der Waals surface area contributed by atoms with Crippen molar-refractivity contribution >= 4 is 28.7 Å². The number of halogens is 1. The van der Waals surface area contributed by atoms with Gasteiger partial charge in [-0.2, -0.15) is 0 Å². The molecule has 2 N–H and O–H groups in total. The number of aryl methyl sites for hydroxylation is 1. The molecule has 0 saturated carbocycles. The van der Waals surface area contributed by atoms with Crippen molar-refractivity contribution in [1.29, 1.82) is 0 Å². The molecule has 1 amide bonds. The lowest BCUT2D eigenvalue weighted by atomic mass is 9.72. The zero-order valence-corrected chi connectivity index (χ0v) is 19.8. The number of amides is 1. The number of benzene rings is 2. The van der Waals surface area contributed by atoms with Crippen molar-refractivity contribution in [1.82, 2.24) is 5.32 Å². The molecule has 1 aromatic heterocycles. The molecule has 2 unspecified atom stereocenters. The molecule has 0 radical (unpaired) electrons. The zero-order chi connectivity index (χ0) is 23.8. The molecule has 172 valence electrons. The van der Waals surface area contributed by atoms with Crippen LogP contribution in [0.25, 0.3) is 0 Å². The Hall–Kier alpha value is -3.51. The van der Waals surface area contributed by atoms with Crippen molar-refractivity contribution in [2.45, 2.75) is 38.5 Å². The maximum atomic E-state index is 13.6. The lowest BCUT2D eigenvalue weighted by Gasteiger charge is -2.36. The van der Waals surface area contributed by atoms with Gasteiger partial charge in [-0.3, -0.25) is 9.59 Å². The van der Waals surface area contributed by atoms with Crippen LogP contribution in [0.2, 0.25) is 0 Å². The first kappa shape index (κ1) is 22.3. The number of hydrogen-bond donors (Lipinski definition) is 2. The number of nitrogens with one attached hydrogen (secondary N) is 2. The third-order valence-electron chi connectivity index (χ3n) is 6.53. The highest BCUT2D eigenvalue weighted by Crippen LogP contribution is 2.46. The SMILES string of the molecule is CC1=C(C(=O)Nc2ccc(F)cc2)C(c2ccc(C)cc2)C2=C(CC(c3cccs3)CC2=O)N1. The van der Waals surface area contributed by atoms with E-state index in [1.54, 1.807) is 11.3 Å². The van der Waals surface area contributed by atoms with Gasteiger partial charge in [0.2, 0.25) is 0 Å². The maximum Gasteiger partial charge on any atom is 0.254 e. The third kappa shape index (κ3) is 4.21. The van der Waals surface area contributed by atoms with Gasteiger partial charge in [0.15, 0.2) is 5.78 Å². The van der Waals surface area contributed by atoms with Crippen LogP contribution in [0.15, 0.2) is 88.6 Å². The summed E-state index contributed by atoms with van der Waals surface area (Å²) in [6.07, 6.45) is 1.16. The van der Waals surface area contributed by atoms with Crippen molar-refractivity contribution < 1.29 is 14.0 Å². The molecule has 3 aromatic rings. The third-order valence-corrected chi connectivity index (χ3v) is 7.57. The van der Waals surface area contributed by atoms with Crippen LogP contribution in [0.5, 0.6) is 0 Å². The Kier molecular flexibility index (Phi) is 5.92. The Morgan fingerprint density at radius 3 is 2.44 bits per heavy atom. The topological polar surface area (TPSA) is 58.2 Å². The van der Waals surface area contributed by atoms with Crippen molar-refractivity contribution in [2.24, 2.45) is 0 Å². The molecular formula is C28H25FN2O2S. The molecule has 0 fully saturated rings. The Morgan fingerprint density at radius 2 is 1.76 bits per heavy atom. The van der Waals surface area contributed by atoms with E-state index in [0.29, 0.717) is 23.3 Å². The van der Waals surface area contributed by atoms with Crippen LogP contribution in [0.3, 0.4) is 0 Å². The van der Waals surface area contributed by atoms with Crippen LogP contribution in [0, 0.1) is 12.7 Å². The van der Waals surface area contributed by atoms with Gasteiger partial charge in [0.05, 0.1) is 0 Å². The molecule has 0 spiro atoms. The molecule has 1 aliphatic carbocycles. The number of carbonyl (C=O) groups excluding carboxylic acids is 2. The van der Waals surface area contributed by atoms with E-state index in [1.807, 2.05) is 49.6 Å². The molecule has 2 aromatic carbocycles. The molecule has 4 nitrogen and oxygen atoms in total. The van der Waals surface area contributed by atoms with E-state index in [1.165, 1.54) is 29.1 Å². The number of hydrogen-bond acceptors (Lipinski definition) is 4. The molecule has 0 bridgehead atoms. The number of ketones is 1. The van der Waals surface area contributed by atoms with Crippen LogP contribution in [0.1, 0.15) is 47.6 Å². The Balaban J connectivity index is 1.55. The van der Waals surface area contributed by atoms with E-state index in [-0.39, 0.29) is 23.4 Å². The lowest BCUT2D eigenvalue weighted by Crippen LogP contribution is -2.37. The van der Waals surface area contributed by atoms with Gasteiger partial charge in [-0.1, -0.05) is 35.9 Å². The molecular weight excluding hydrogens is 447 g/mol. The second-order valence-electron chi connectivity index (χ2n) is 8.90. The minimum absolute atomic E-state index is 0.0670. The number of rotatable bonds is 4. The fourth-order valence-electron chi connectivity index (χ4n) is 4.89. The van der Waals surface area contributed by atoms with Crippen molar-refractivity contribution in [3.8, 4) is 0 Å². The van der Waals surface area contributed by atoms with E-state index in [4.69, 9.17) is 0 Å². The summed E-state index contributed by atoms with van der Waals surface area (Å²) in [7, 11) is 0. The van der Waals surface area contributed by atoms with E-state index in [0.717, 1.165) is 28.9 Å². The second-order valence-corrected chi connectivity index (χ2v) is 9.88. The number of carbonyl (C=O) groups is 2. The van der Waals surface area contributed by atoms with Gasteiger partial charge in [-0.05, 0) is 61.5 Å². The number of thiophene rings is 1. The standard InChI is InChI=1S/C28H25FN2O2S/c1-16-5-7-18(8-6-16)26-25(28(33)31-21-11-9-20(29)10-12-21)17(2)30-22-14-19(15-23(32)27(22)26)24-4-3-13-34-24/h3-13,19,26,30H,14-15H2,1-2H3,(H,31,33). The molecule has 34 heavy (non-hydrogen) atoms. The summed E-state index contributed by atoms with van der Waals surface area (Å²) in [4.78, 5) is 28.3. The van der Waals surface area contributed by atoms with Crippen molar-refractivity contribution in [3.05, 3.63) is 110 Å². The van der Waals surface area contributed by atoms with Crippen LogP contribution < -0.4 is 10.6 Å². The van der Waals surface area contributed by atoms with Gasteiger partial charge in [0, 0.05) is 51.4 Å². The van der Waals surface area contributed by atoms with Gasteiger partial charge in [0.1, 0.15) is 5.82 Å².